The highest BCUT2D eigenvalue weighted by Crippen LogP contribution is 2.23. The molecule has 1 aromatic heterocycles. The number of aliphatic carboxylic acids is 1. The van der Waals surface area contributed by atoms with E-state index in [2.05, 4.69) is 10.3 Å². The van der Waals surface area contributed by atoms with Gasteiger partial charge in [0, 0.05) is 31.4 Å². The van der Waals surface area contributed by atoms with Crippen LogP contribution in [0.3, 0.4) is 0 Å². The second kappa shape index (κ2) is 8.59. The van der Waals surface area contributed by atoms with Crippen LogP contribution in [0.2, 0.25) is 0 Å². The van der Waals surface area contributed by atoms with Crippen molar-refractivity contribution in [1.29, 1.82) is 0 Å². The molecular weight excluding hydrogens is 358 g/mol. The first-order valence-electron chi connectivity index (χ1n) is 8.65. The van der Waals surface area contributed by atoms with E-state index in [1.54, 1.807) is 6.07 Å². The zero-order valence-corrected chi connectivity index (χ0v) is 15.8. The molecule has 1 amide bonds. The van der Waals surface area contributed by atoms with Crippen molar-refractivity contribution in [1.82, 2.24) is 14.6 Å². The Morgan fingerprint density at radius 1 is 1.35 bits per heavy atom. The Labute approximate surface area is 153 Å². The maximum atomic E-state index is 12.6. The van der Waals surface area contributed by atoms with Gasteiger partial charge < -0.3 is 10.4 Å². The molecule has 2 heterocycles. The van der Waals surface area contributed by atoms with Crippen molar-refractivity contribution in [3.05, 3.63) is 24.5 Å². The highest BCUT2D eigenvalue weighted by molar-refractivity contribution is 7.89. The molecule has 0 saturated carbocycles. The molecule has 1 aromatic rings. The van der Waals surface area contributed by atoms with Crippen molar-refractivity contribution >= 4 is 21.9 Å². The van der Waals surface area contributed by atoms with Gasteiger partial charge in [0.1, 0.15) is 10.9 Å². The van der Waals surface area contributed by atoms with Gasteiger partial charge in [0.05, 0.1) is 0 Å². The predicted molar refractivity (Wildman–Crippen MR) is 94.7 cm³/mol. The molecule has 2 rings (SSSR count). The lowest BCUT2D eigenvalue weighted by molar-refractivity contribution is -0.143. The van der Waals surface area contributed by atoms with E-state index in [0.717, 1.165) is 0 Å². The number of carboxylic acid groups (broad SMARTS) is 1. The van der Waals surface area contributed by atoms with E-state index in [-0.39, 0.29) is 35.7 Å². The first-order chi connectivity index (χ1) is 12.2. The summed E-state index contributed by atoms with van der Waals surface area (Å²) in [6.07, 6.45) is 3.89. The maximum absolute atomic E-state index is 12.6. The van der Waals surface area contributed by atoms with E-state index < -0.39 is 22.0 Å². The van der Waals surface area contributed by atoms with E-state index >= 15 is 0 Å². The minimum atomic E-state index is -3.62. The van der Waals surface area contributed by atoms with Crippen LogP contribution in [0, 0.1) is 11.8 Å². The Morgan fingerprint density at radius 3 is 2.50 bits per heavy atom. The molecule has 0 spiro atoms. The lowest BCUT2D eigenvalue weighted by Gasteiger charge is -2.31. The van der Waals surface area contributed by atoms with Gasteiger partial charge in [-0.25, -0.2) is 13.2 Å². The summed E-state index contributed by atoms with van der Waals surface area (Å²) in [5.74, 6) is -1.62. The largest absolute Gasteiger partial charge is 0.480 e. The standard InChI is InChI=1S/C17H25N3O5S/c1-12(2)10-15(17(22)23)19-16(21)13-5-8-20(9-6-13)26(24,25)14-4-3-7-18-11-14/h3-4,7,11-13,15H,5-6,8-10H2,1-2H3,(H,19,21)(H,22,23)/t15-/m1/s1. The smallest absolute Gasteiger partial charge is 0.326 e. The Morgan fingerprint density at radius 2 is 2.00 bits per heavy atom. The third-order valence-electron chi connectivity index (χ3n) is 4.42. The first-order valence-corrected chi connectivity index (χ1v) is 10.1. The average molecular weight is 383 g/mol. The molecule has 1 atom stereocenters. The lowest BCUT2D eigenvalue weighted by Crippen LogP contribution is -2.47. The summed E-state index contributed by atoms with van der Waals surface area (Å²) >= 11 is 0. The molecule has 144 valence electrons. The van der Waals surface area contributed by atoms with Crippen LogP contribution >= 0.6 is 0 Å². The van der Waals surface area contributed by atoms with Gasteiger partial charge in [-0.05, 0) is 37.3 Å². The number of rotatable bonds is 7. The fourth-order valence-corrected chi connectivity index (χ4v) is 4.42. The van der Waals surface area contributed by atoms with Crippen LogP contribution in [0.1, 0.15) is 33.1 Å². The summed E-state index contributed by atoms with van der Waals surface area (Å²) in [7, 11) is -3.62. The van der Waals surface area contributed by atoms with Gasteiger partial charge in [-0.2, -0.15) is 4.31 Å². The van der Waals surface area contributed by atoms with Crippen LogP contribution in [0.15, 0.2) is 29.4 Å². The fourth-order valence-electron chi connectivity index (χ4n) is 2.99. The highest BCUT2D eigenvalue weighted by Gasteiger charge is 2.33. The minimum absolute atomic E-state index is 0.130. The summed E-state index contributed by atoms with van der Waals surface area (Å²) in [6, 6.07) is 2.14. The van der Waals surface area contributed by atoms with Crippen molar-refractivity contribution in [3.8, 4) is 0 Å². The van der Waals surface area contributed by atoms with Gasteiger partial charge in [-0.3, -0.25) is 9.78 Å². The summed E-state index contributed by atoms with van der Waals surface area (Å²) in [4.78, 5) is 27.6. The van der Waals surface area contributed by atoms with E-state index in [4.69, 9.17) is 0 Å². The van der Waals surface area contributed by atoms with Gasteiger partial charge >= 0.3 is 5.97 Å². The van der Waals surface area contributed by atoms with Crippen LogP contribution < -0.4 is 5.32 Å². The topological polar surface area (TPSA) is 117 Å². The monoisotopic (exact) mass is 383 g/mol. The number of hydrogen-bond donors (Lipinski definition) is 2. The summed E-state index contributed by atoms with van der Waals surface area (Å²) < 4.78 is 26.5. The number of aromatic nitrogens is 1. The Hall–Kier alpha value is -2.00. The second-order valence-electron chi connectivity index (χ2n) is 6.90. The fraction of sp³-hybridized carbons (Fsp3) is 0.588. The zero-order chi connectivity index (χ0) is 19.3. The summed E-state index contributed by atoms with van der Waals surface area (Å²) in [5, 5.41) is 11.8. The van der Waals surface area contributed by atoms with Crippen LogP contribution in [-0.4, -0.2) is 53.8 Å². The first kappa shape index (κ1) is 20.3. The number of carbonyl (C=O) groups is 2. The summed E-state index contributed by atoms with van der Waals surface area (Å²) in [6.45, 7) is 4.22. The Bertz CT molecular complexity index is 728. The molecule has 1 aliphatic rings. The molecule has 26 heavy (non-hydrogen) atoms. The number of pyridine rings is 1. The molecule has 9 heteroatoms. The van der Waals surface area contributed by atoms with Crippen molar-refractivity contribution in [2.45, 2.75) is 44.0 Å². The molecule has 1 saturated heterocycles. The van der Waals surface area contributed by atoms with Crippen LogP contribution in [0.25, 0.3) is 0 Å². The van der Waals surface area contributed by atoms with Crippen LogP contribution in [0.4, 0.5) is 0 Å². The predicted octanol–water partition coefficient (Wildman–Crippen LogP) is 1.10. The third kappa shape index (κ3) is 5.01. The summed E-state index contributed by atoms with van der Waals surface area (Å²) in [5.41, 5.74) is 0. The van der Waals surface area contributed by atoms with Crippen molar-refractivity contribution in [2.75, 3.05) is 13.1 Å². The number of amides is 1. The normalized spacial score (nSPS) is 17.8. The number of sulfonamides is 1. The molecule has 2 N–H and O–H groups in total. The van der Waals surface area contributed by atoms with Gasteiger partial charge in [-0.15, -0.1) is 0 Å². The maximum Gasteiger partial charge on any atom is 0.326 e. The van der Waals surface area contributed by atoms with E-state index in [9.17, 15) is 23.1 Å². The number of nitrogens with one attached hydrogen (secondary N) is 1. The SMILES string of the molecule is CC(C)C[C@@H](NC(=O)C1CCN(S(=O)(=O)c2cccnc2)CC1)C(=O)O. The van der Waals surface area contributed by atoms with E-state index in [1.165, 1.54) is 22.8 Å². The van der Waals surface area contributed by atoms with Gasteiger partial charge in [0.2, 0.25) is 15.9 Å². The Balaban J connectivity index is 1.95. The van der Waals surface area contributed by atoms with Crippen molar-refractivity contribution < 1.29 is 23.1 Å². The molecular formula is C17H25N3O5S. The number of hydrogen-bond acceptors (Lipinski definition) is 5. The Kier molecular flexibility index (Phi) is 6.71. The quantitative estimate of drug-likeness (QED) is 0.728. The molecule has 8 nitrogen and oxygen atoms in total. The number of piperidine rings is 1. The van der Waals surface area contributed by atoms with Gasteiger partial charge in [0.25, 0.3) is 0 Å². The van der Waals surface area contributed by atoms with Gasteiger partial charge in [-0.1, -0.05) is 13.8 Å². The number of nitrogens with zero attached hydrogens (tertiary/aromatic N) is 2. The number of carboxylic acids is 1. The average Bonchev–Trinajstić information content (AvgIpc) is 2.61. The minimum Gasteiger partial charge on any atom is -0.480 e. The van der Waals surface area contributed by atoms with Gasteiger partial charge in [0.15, 0.2) is 0 Å². The molecule has 1 fully saturated rings. The van der Waals surface area contributed by atoms with Crippen LogP contribution in [-0.2, 0) is 19.6 Å². The van der Waals surface area contributed by atoms with E-state index in [1.807, 2.05) is 13.8 Å². The second-order valence-corrected chi connectivity index (χ2v) is 8.83. The van der Waals surface area contributed by atoms with Crippen molar-refractivity contribution in [2.24, 2.45) is 11.8 Å². The highest BCUT2D eigenvalue weighted by atomic mass is 32.2. The molecule has 0 bridgehead atoms. The van der Waals surface area contributed by atoms with E-state index in [0.29, 0.717) is 19.3 Å². The van der Waals surface area contributed by atoms with Crippen molar-refractivity contribution in [3.63, 3.8) is 0 Å². The molecule has 0 aliphatic carbocycles. The molecule has 0 aromatic carbocycles. The number of carbonyl (C=O) groups excluding carboxylic acids is 1. The third-order valence-corrected chi connectivity index (χ3v) is 6.30. The molecule has 1 aliphatic heterocycles. The van der Waals surface area contributed by atoms with Crippen LogP contribution in [0.5, 0.6) is 0 Å². The zero-order valence-electron chi connectivity index (χ0n) is 15.0. The lowest BCUT2D eigenvalue weighted by atomic mass is 9.96. The molecule has 0 radical (unpaired) electrons. The molecule has 0 unspecified atom stereocenters.